The van der Waals surface area contributed by atoms with E-state index in [-0.39, 0.29) is 24.2 Å². The molecule has 3 unspecified atom stereocenters. The maximum atomic E-state index is 12.5. The van der Waals surface area contributed by atoms with Gasteiger partial charge < -0.3 is 20.0 Å². The minimum Gasteiger partial charge on any atom is -0.494 e. The number of amidine groups is 1. The van der Waals surface area contributed by atoms with Gasteiger partial charge in [-0.05, 0) is 48.6 Å². The highest BCUT2D eigenvalue weighted by atomic mass is 16.5. The Bertz CT molecular complexity index is 1120. The fourth-order valence-corrected chi connectivity index (χ4v) is 4.98. The van der Waals surface area contributed by atoms with Gasteiger partial charge in [-0.25, -0.2) is 5.43 Å². The molecule has 36 heavy (non-hydrogen) atoms. The van der Waals surface area contributed by atoms with Crippen LogP contribution < -0.4 is 20.9 Å². The Labute approximate surface area is 213 Å². The van der Waals surface area contributed by atoms with Gasteiger partial charge in [0.25, 0.3) is 0 Å². The van der Waals surface area contributed by atoms with Gasteiger partial charge in [0.05, 0.1) is 18.7 Å². The second kappa shape index (κ2) is 11.0. The summed E-state index contributed by atoms with van der Waals surface area (Å²) in [6.45, 7) is 5.55. The molecule has 3 aliphatic heterocycles. The number of amides is 1. The monoisotopic (exact) mass is 488 g/mol. The summed E-state index contributed by atoms with van der Waals surface area (Å²) >= 11 is 0. The van der Waals surface area contributed by atoms with E-state index in [0.717, 1.165) is 43.0 Å². The van der Waals surface area contributed by atoms with Gasteiger partial charge in [0, 0.05) is 31.8 Å². The lowest BCUT2D eigenvalue weighted by molar-refractivity contribution is -0.121. The smallest absolute Gasteiger partial charge is 0.220 e. The number of hydrazine groups is 1. The average Bonchev–Trinajstić information content (AvgIpc) is 3.52. The Balaban J connectivity index is 1.11. The number of hydrogen-bond donors (Lipinski definition) is 3. The van der Waals surface area contributed by atoms with Gasteiger partial charge in [-0.1, -0.05) is 49.7 Å². The average molecular weight is 489 g/mol. The van der Waals surface area contributed by atoms with Crippen molar-refractivity contribution in [1.82, 2.24) is 26.1 Å². The van der Waals surface area contributed by atoms with Crippen LogP contribution in [0.25, 0.3) is 0 Å². The van der Waals surface area contributed by atoms with E-state index in [4.69, 9.17) is 4.74 Å². The second-order valence-electron chi connectivity index (χ2n) is 9.67. The summed E-state index contributed by atoms with van der Waals surface area (Å²) in [5.74, 6) is 1.86. The number of benzene rings is 2. The first kappa shape index (κ1) is 24.2. The van der Waals surface area contributed by atoms with Crippen LogP contribution in [0.5, 0.6) is 5.75 Å². The molecule has 0 saturated carbocycles. The van der Waals surface area contributed by atoms with Crippen LogP contribution in [0.15, 0.2) is 66.0 Å². The molecule has 0 bridgehead atoms. The number of aryl methyl sites for hydroxylation is 1. The van der Waals surface area contributed by atoms with Crippen molar-refractivity contribution >= 4 is 11.7 Å². The standard InChI is InChI=1S/C28H36N6O2/c1-3-4-17-36-23-11-9-21(10-12-23)24-18-25-28-31-30-26(33(28)15-16-34(25)32-24)13-14-27(35)29-19-22-8-6-5-7-20(22)2/h5-12,15-16,24-25,28,31-32H,3-4,13-14,17-19H2,1-2H3,(H,29,35). The first-order chi connectivity index (χ1) is 17.6. The van der Waals surface area contributed by atoms with Gasteiger partial charge >= 0.3 is 0 Å². The minimum atomic E-state index is 0.0386. The van der Waals surface area contributed by atoms with E-state index in [2.05, 4.69) is 81.6 Å². The molecule has 0 aromatic heterocycles. The Hall–Kier alpha value is -3.52. The van der Waals surface area contributed by atoms with E-state index in [0.29, 0.717) is 19.4 Å². The molecule has 3 heterocycles. The normalized spacial score (nSPS) is 22.1. The summed E-state index contributed by atoms with van der Waals surface area (Å²) in [6.07, 6.45) is 8.33. The number of nitrogens with zero attached hydrogens (tertiary/aromatic N) is 3. The molecule has 3 atom stereocenters. The summed E-state index contributed by atoms with van der Waals surface area (Å²) in [5.41, 5.74) is 10.5. The molecule has 3 aliphatic rings. The van der Waals surface area contributed by atoms with Crippen LogP contribution in [0, 0.1) is 6.92 Å². The van der Waals surface area contributed by atoms with Crippen LogP contribution in [0.1, 0.15) is 61.8 Å². The lowest BCUT2D eigenvalue weighted by atomic mass is 9.99. The maximum absolute atomic E-state index is 12.5. The van der Waals surface area contributed by atoms with Crippen molar-refractivity contribution in [2.75, 3.05) is 6.61 Å². The van der Waals surface area contributed by atoms with Crippen molar-refractivity contribution in [2.24, 2.45) is 5.10 Å². The van der Waals surface area contributed by atoms with Crippen LogP contribution >= 0.6 is 0 Å². The number of ether oxygens (including phenoxy) is 1. The molecular weight excluding hydrogens is 452 g/mol. The second-order valence-corrected chi connectivity index (χ2v) is 9.67. The number of hydrogen-bond acceptors (Lipinski definition) is 7. The third-order valence-corrected chi connectivity index (χ3v) is 7.18. The summed E-state index contributed by atoms with van der Waals surface area (Å²) in [6, 6.07) is 17.0. The van der Waals surface area contributed by atoms with Gasteiger partial charge in [0.15, 0.2) is 0 Å². The van der Waals surface area contributed by atoms with Gasteiger partial charge in [-0.15, -0.1) is 0 Å². The predicted molar refractivity (Wildman–Crippen MR) is 141 cm³/mol. The van der Waals surface area contributed by atoms with Crippen molar-refractivity contribution in [3.05, 3.63) is 77.6 Å². The molecule has 8 nitrogen and oxygen atoms in total. The molecule has 1 saturated heterocycles. The van der Waals surface area contributed by atoms with Crippen LogP contribution in [-0.4, -0.2) is 40.5 Å². The highest BCUT2D eigenvalue weighted by Gasteiger charge is 2.44. The van der Waals surface area contributed by atoms with Gasteiger partial charge in [0.2, 0.25) is 5.91 Å². The zero-order valence-corrected chi connectivity index (χ0v) is 21.1. The summed E-state index contributed by atoms with van der Waals surface area (Å²) in [5, 5.41) is 9.80. The molecule has 5 rings (SSSR count). The number of carbonyl (C=O) groups excluding carboxylic acids is 1. The van der Waals surface area contributed by atoms with E-state index < -0.39 is 0 Å². The first-order valence-corrected chi connectivity index (χ1v) is 13.0. The van der Waals surface area contributed by atoms with E-state index >= 15 is 0 Å². The lowest BCUT2D eigenvalue weighted by Gasteiger charge is -2.37. The van der Waals surface area contributed by atoms with E-state index in [1.165, 1.54) is 11.1 Å². The molecular formula is C28H36N6O2. The largest absolute Gasteiger partial charge is 0.494 e. The Kier molecular flexibility index (Phi) is 7.41. The number of nitrogens with one attached hydrogen (secondary N) is 3. The number of fused-ring (bicyclic) bond motifs is 3. The van der Waals surface area contributed by atoms with E-state index in [1.807, 2.05) is 24.4 Å². The van der Waals surface area contributed by atoms with Crippen LogP contribution in [0.2, 0.25) is 0 Å². The Morgan fingerprint density at radius 3 is 2.81 bits per heavy atom. The Morgan fingerprint density at radius 2 is 2.00 bits per heavy atom. The maximum Gasteiger partial charge on any atom is 0.220 e. The van der Waals surface area contributed by atoms with Crippen molar-refractivity contribution in [3.8, 4) is 5.75 Å². The number of hydrazone groups is 1. The molecule has 1 fully saturated rings. The van der Waals surface area contributed by atoms with Gasteiger partial charge in [-0.3, -0.25) is 10.2 Å². The topological polar surface area (TPSA) is 81.2 Å². The van der Waals surface area contributed by atoms with E-state index in [9.17, 15) is 4.79 Å². The molecule has 8 heteroatoms. The summed E-state index contributed by atoms with van der Waals surface area (Å²) < 4.78 is 5.81. The molecule has 190 valence electrons. The molecule has 0 spiro atoms. The molecule has 3 N–H and O–H groups in total. The van der Waals surface area contributed by atoms with E-state index in [1.54, 1.807) is 0 Å². The summed E-state index contributed by atoms with van der Waals surface area (Å²) in [4.78, 5) is 14.6. The fourth-order valence-electron chi connectivity index (χ4n) is 4.98. The first-order valence-electron chi connectivity index (χ1n) is 13.0. The predicted octanol–water partition coefficient (Wildman–Crippen LogP) is 3.92. The number of rotatable bonds is 10. The highest BCUT2D eigenvalue weighted by Crippen LogP contribution is 2.34. The fraction of sp³-hybridized carbons (Fsp3) is 0.429. The minimum absolute atomic E-state index is 0.0386. The van der Waals surface area contributed by atoms with Gasteiger partial charge in [-0.2, -0.15) is 5.10 Å². The van der Waals surface area contributed by atoms with Gasteiger partial charge in [0.1, 0.15) is 17.8 Å². The van der Waals surface area contributed by atoms with Crippen LogP contribution in [0.3, 0.4) is 0 Å². The molecule has 0 aliphatic carbocycles. The molecule has 2 aromatic rings. The van der Waals surface area contributed by atoms with Crippen molar-refractivity contribution in [3.63, 3.8) is 0 Å². The third kappa shape index (κ3) is 5.33. The Morgan fingerprint density at radius 1 is 1.17 bits per heavy atom. The highest BCUT2D eigenvalue weighted by molar-refractivity contribution is 5.89. The quantitative estimate of drug-likeness (QED) is 0.440. The molecule has 0 radical (unpaired) electrons. The van der Waals surface area contributed by atoms with Crippen molar-refractivity contribution in [2.45, 2.75) is 70.7 Å². The number of carbonyl (C=O) groups is 1. The SMILES string of the molecule is CCCCOc1ccc(C2CC3C4NN=C(CCC(=O)NCc5ccccc5C)N4C=CN3N2)cc1. The molecule has 1 amide bonds. The zero-order chi connectivity index (χ0) is 24.9. The van der Waals surface area contributed by atoms with Crippen molar-refractivity contribution < 1.29 is 9.53 Å². The van der Waals surface area contributed by atoms with Crippen molar-refractivity contribution in [1.29, 1.82) is 0 Å². The lowest BCUT2D eigenvalue weighted by Crippen LogP contribution is -2.54. The van der Waals surface area contributed by atoms with Crippen LogP contribution in [-0.2, 0) is 11.3 Å². The molecule has 2 aromatic carbocycles. The number of unbranched alkanes of at least 4 members (excludes halogenated alkanes) is 1. The summed E-state index contributed by atoms with van der Waals surface area (Å²) in [7, 11) is 0. The van der Waals surface area contributed by atoms with Crippen LogP contribution in [0.4, 0.5) is 0 Å². The third-order valence-electron chi connectivity index (χ3n) is 7.18. The zero-order valence-electron chi connectivity index (χ0n) is 21.1.